The number of nitrogens with zero attached hydrogens (tertiary/aromatic N) is 1. The fourth-order valence-corrected chi connectivity index (χ4v) is 1.67. The number of nitrogens with one attached hydrogen (secondary N) is 1. The van der Waals surface area contributed by atoms with Crippen LogP contribution in [0.2, 0.25) is 0 Å². The second-order valence-corrected chi connectivity index (χ2v) is 4.00. The Morgan fingerprint density at radius 2 is 1.88 bits per heavy atom. The Balaban J connectivity index is 1.93. The summed E-state index contributed by atoms with van der Waals surface area (Å²) in [6.45, 7) is 3.28. The van der Waals surface area contributed by atoms with Gasteiger partial charge in [0.1, 0.15) is 5.82 Å². The second kappa shape index (κ2) is 5.55. The second-order valence-electron chi connectivity index (χ2n) is 4.00. The van der Waals surface area contributed by atoms with Gasteiger partial charge in [-0.3, -0.25) is 4.98 Å². The van der Waals surface area contributed by atoms with Crippen LogP contribution in [-0.2, 0) is 13.1 Å². The quantitative estimate of drug-likeness (QED) is 0.873. The van der Waals surface area contributed by atoms with Crippen LogP contribution in [0.4, 0.5) is 4.39 Å². The van der Waals surface area contributed by atoms with Crippen molar-refractivity contribution in [1.29, 1.82) is 0 Å². The van der Waals surface area contributed by atoms with E-state index in [0.29, 0.717) is 12.1 Å². The molecule has 1 N–H and O–H groups in total. The fourth-order valence-electron chi connectivity index (χ4n) is 1.67. The van der Waals surface area contributed by atoms with E-state index in [9.17, 15) is 4.39 Å². The molecule has 1 heterocycles. The summed E-state index contributed by atoms with van der Waals surface area (Å²) >= 11 is 0. The molecule has 1 aromatic heterocycles. The maximum Gasteiger partial charge on any atom is 0.127 e. The first kappa shape index (κ1) is 11.7. The molecule has 0 aliphatic heterocycles. The van der Waals surface area contributed by atoms with Crippen LogP contribution in [0.25, 0.3) is 0 Å². The Bertz CT molecular complexity index is 452. The zero-order valence-electron chi connectivity index (χ0n) is 9.78. The number of hydrogen-bond acceptors (Lipinski definition) is 2. The maximum absolute atomic E-state index is 13.3. The van der Waals surface area contributed by atoms with Crippen LogP contribution in [0.1, 0.15) is 16.7 Å². The molecule has 3 heteroatoms. The number of aryl methyl sites for hydroxylation is 1. The molecule has 0 spiro atoms. The molecule has 0 aliphatic rings. The molecule has 2 aromatic rings. The molecule has 0 aliphatic carbocycles. The fraction of sp³-hybridized carbons (Fsp3) is 0.214. The average Bonchev–Trinajstić information content (AvgIpc) is 2.34. The summed E-state index contributed by atoms with van der Waals surface area (Å²) in [7, 11) is 0. The summed E-state index contributed by atoms with van der Waals surface area (Å²) in [6, 6.07) is 8.80. The molecular formula is C14H15FN2. The average molecular weight is 230 g/mol. The van der Waals surface area contributed by atoms with Crippen molar-refractivity contribution in [3.05, 3.63) is 65.2 Å². The van der Waals surface area contributed by atoms with Gasteiger partial charge in [0, 0.05) is 31.0 Å². The third-order valence-corrected chi connectivity index (χ3v) is 2.73. The third kappa shape index (κ3) is 3.11. The molecule has 0 fully saturated rings. The predicted octanol–water partition coefficient (Wildman–Crippen LogP) is 2.82. The van der Waals surface area contributed by atoms with Crippen molar-refractivity contribution in [2.24, 2.45) is 0 Å². The Kier molecular flexibility index (Phi) is 3.83. The highest BCUT2D eigenvalue weighted by Crippen LogP contribution is 2.07. The highest BCUT2D eigenvalue weighted by Gasteiger charge is 2.01. The van der Waals surface area contributed by atoms with E-state index in [1.807, 2.05) is 25.3 Å². The van der Waals surface area contributed by atoms with Gasteiger partial charge in [0.15, 0.2) is 0 Å². The van der Waals surface area contributed by atoms with Crippen molar-refractivity contribution in [2.75, 3.05) is 0 Å². The Labute approximate surface area is 101 Å². The summed E-state index contributed by atoms with van der Waals surface area (Å²) < 4.78 is 13.3. The molecule has 0 unspecified atom stereocenters. The van der Waals surface area contributed by atoms with Gasteiger partial charge in [0.05, 0.1) is 0 Å². The number of benzene rings is 1. The molecule has 0 radical (unpaired) electrons. The summed E-state index contributed by atoms with van der Waals surface area (Å²) in [5.74, 6) is -0.161. The predicted molar refractivity (Wildman–Crippen MR) is 65.9 cm³/mol. The van der Waals surface area contributed by atoms with Gasteiger partial charge >= 0.3 is 0 Å². The number of aromatic nitrogens is 1. The first-order valence-corrected chi connectivity index (χ1v) is 5.61. The normalized spacial score (nSPS) is 10.5. The van der Waals surface area contributed by atoms with Crippen LogP contribution < -0.4 is 5.32 Å². The van der Waals surface area contributed by atoms with Crippen molar-refractivity contribution in [1.82, 2.24) is 10.3 Å². The van der Waals surface area contributed by atoms with Gasteiger partial charge < -0.3 is 5.32 Å². The monoisotopic (exact) mass is 230 g/mol. The number of hydrogen-bond donors (Lipinski definition) is 1. The molecule has 17 heavy (non-hydrogen) atoms. The number of halogens is 1. The maximum atomic E-state index is 13.3. The number of rotatable bonds is 4. The summed E-state index contributed by atoms with van der Waals surface area (Å²) in [5, 5.41) is 3.23. The van der Waals surface area contributed by atoms with Crippen molar-refractivity contribution in [2.45, 2.75) is 20.0 Å². The van der Waals surface area contributed by atoms with Crippen LogP contribution in [0, 0.1) is 12.7 Å². The van der Waals surface area contributed by atoms with Crippen LogP contribution in [0.5, 0.6) is 0 Å². The van der Waals surface area contributed by atoms with E-state index < -0.39 is 0 Å². The van der Waals surface area contributed by atoms with Gasteiger partial charge in [-0.15, -0.1) is 0 Å². The highest BCUT2D eigenvalue weighted by atomic mass is 19.1. The molecule has 0 saturated carbocycles. The lowest BCUT2D eigenvalue weighted by Crippen LogP contribution is -2.14. The van der Waals surface area contributed by atoms with E-state index in [0.717, 1.165) is 12.1 Å². The molecule has 0 saturated heterocycles. The van der Waals surface area contributed by atoms with Gasteiger partial charge in [-0.05, 0) is 30.2 Å². The minimum Gasteiger partial charge on any atom is -0.308 e. The molecule has 0 amide bonds. The van der Waals surface area contributed by atoms with Crippen LogP contribution in [-0.4, -0.2) is 4.98 Å². The van der Waals surface area contributed by atoms with Gasteiger partial charge in [-0.25, -0.2) is 4.39 Å². The zero-order chi connectivity index (χ0) is 12.1. The Morgan fingerprint density at radius 1 is 1.12 bits per heavy atom. The summed E-state index contributed by atoms with van der Waals surface area (Å²) in [6.07, 6.45) is 3.60. The number of pyridine rings is 1. The van der Waals surface area contributed by atoms with Crippen molar-refractivity contribution < 1.29 is 4.39 Å². The van der Waals surface area contributed by atoms with Crippen LogP contribution in [0.15, 0.2) is 42.7 Å². The van der Waals surface area contributed by atoms with E-state index in [4.69, 9.17) is 0 Å². The highest BCUT2D eigenvalue weighted by molar-refractivity contribution is 5.22. The van der Waals surface area contributed by atoms with Crippen molar-refractivity contribution in [3.63, 3.8) is 0 Å². The standard InChI is InChI=1S/C14H15FN2/c1-11-8-16-7-6-12(11)9-17-10-13-4-2-3-5-14(13)15/h2-8,17H,9-10H2,1H3. The minimum atomic E-state index is -0.161. The lowest BCUT2D eigenvalue weighted by molar-refractivity contribution is 0.587. The lowest BCUT2D eigenvalue weighted by atomic mass is 10.1. The zero-order valence-corrected chi connectivity index (χ0v) is 9.78. The van der Waals surface area contributed by atoms with Gasteiger partial charge in [0.25, 0.3) is 0 Å². The van der Waals surface area contributed by atoms with Crippen molar-refractivity contribution in [3.8, 4) is 0 Å². The van der Waals surface area contributed by atoms with E-state index in [2.05, 4.69) is 10.3 Å². The van der Waals surface area contributed by atoms with E-state index in [1.165, 1.54) is 11.6 Å². The first-order chi connectivity index (χ1) is 8.27. The smallest absolute Gasteiger partial charge is 0.127 e. The van der Waals surface area contributed by atoms with Gasteiger partial charge in [-0.1, -0.05) is 18.2 Å². The molecule has 1 aromatic carbocycles. The SMILES string of the molecule is Cc1cnccc1CNCc1ccccc1F. The van der Waals surface area contributed by atoms with Crippen molar-refractivity contribution >= 4 is 0 Å². The van der Waals surface area contributed by atoms with Gasteiger partial charge in [0.2, 0.25) is 0 Å². The van der Waals surface area contributed by atoms with Crippen LogP contribution in [0.3, 0.4) is 0 Å². The first-order valence-electron chi connectivity index (χ1n) is 5.61. The molecular weight excluding hydrogens is 215 g/mol. The minimum absolute atomic E-state index is 0.161. The van der Waals surface area contributed by atoms with E-state index in [1.54, 1.807) is 18.3 Å². The molecule has 2 nitrogen and oxygen atoms in total. The summed E-state index contributed by atoms with van der Waals surface area (Å²) in [5.41, 5.74) is 3.03. The third-order valence-electron chi connectivity index (χ3n) is 2.73. The van der Waals surface area contributed by atoms with Gasteiger partial charge in [-0.2, -0.15) is 0 Å². The van der Waals surface area contributed by atoms with Crippen LogP contribution >= 0.6 is 0 Å². The van der Waals surface area contributed by atoms with E-state index >= 15 is 0 Å². The molecule has 0 atom stereocenters. The topological polar surface area (TPSA) is 24.9 Å². The molecule has 88 valence electrons. The lowest BCUT2D eigenvalue weighted by Gasteiger charge is -2.07. The molecule has 0 bridgehead atoms. The largest absolute Gasteiger partial charge is 0.308 e. The van der Waals surface area contributed by atoms with E-state index in [-0.39, 0.29) is 5.82 Å². The Morgan fingerprint density at radius 3 is 2.65 bits per heavy atom. The Hall–Kier alpha value is -1.74. The summed E-state index contributed by atoms with van der Waals surface area (Å²) in [4.78, 5) is 4.04. The molecule has 2 rings (SSSR count).